The first-order chi connectivity index (χ1) is 12.8. The molecule has 0 saturated heterocycles. The van der Waals surface area contributed by atoms with Crippen molar-refractivity contribution in [3.8, 4) is 5.69 Å². The maximum Gasteiger partial charge on any atom is 0.269 e. The fourth-order valence-electron chi connectivity index (χ4n) is 2.63. The minimum atomic E-state index is -0.362. The highest BCUT2D eigenvalue weighted by molar-refractivity contribution is 7.99. The summed E-state index contributed by atoms with van der Waals surface area (Å²) in [5.74, 6) is -0.536. The molecule has 0 spiro atoms. The molecule has 7 heteroatoms. The van der Waals surface area contributed by atoms with E-state index in [4.69, 9.17) is 23.2 Å². The normalized spacial score (nSPS) is 10.9. The molecule has 2 aromatic carbocycles. The molecular weight excluding hydrogens is 408 g/mol. The SMILES string of the molecule is CC(=O)c1cn(-c2ccc(Cl)cc2Cl)c(=O)c(Sc2ccc(F)cc2)c1C. The second-order valence-corrected chi connectivity index (χ2v) is 7.81. The summed E-state index contributed by atoms with van der Waals surface area (Å²) in [6.07, 6.45) is 1.49. The fraction of sp³-hybridized carbons (Fsp3) is 0.100. The van der Waals surface area contributed by atoms with Crippen molar-refractivity contribution in [3.63, 3.8) is 0 Å². The van der Waals surface area contributed by atoms with E-state index in [1.165, 1.54) is 47.6 Å². The van der Waals surface area contributed by atoms with E-state index in [9.17, 15) is 14.0 Å². The van der Waals surface area contributed by atoms with Gasteiger partial charge in [-0.2, -0.15) is 0 Å². The molecule has 0 aliphatic heterocycles. The van der Waals surface area contributed by atoms with E-state index in [1.54, 1.807) is 31.2 Å². The molecule has 0 radical (unpaired) electrons. The van der Waals surface area contributed by atoms with Crippen molar-refractivity contribution in [1.29, 1.82) is 0 Å². The second kappa shape index (κ2) is 7.89. The Labute approximate surface area is 169 Å². The van der Waals surface area contributed by atoms with Crippen molar-refractivity contribution in [3.05, 3.63) is 86.0 Å². The van der Waals surface area contributed by atoms with Crippen LogP contribution in [0.5, 0.6) is 0 Å². The average Bonchev–Trinajstić information content (AvgIpc) is 2.61. The van der Waals surface area contributed by atoms with E-state index in [2.05, 4.69) is 0 Å². The molecule has 0 bridgehead atoms. The summed E-state index contributed by atoms with van der Waals surface area (Å²) in [5, 5.41) is 0.734. The van der Waals surface area contributed by atoms with E-state index < -0.39 is 0 Å². The van der Waals surface area contributed by atoms with Crippen molar-refractivity contribution in [2.45, 2.75) is 23.6 Å². The maximum atomic E-state index is 13.2. The van der Waals surface area contributed by atoms with Crippen LogP contribution in [0.2, 0.25) is 10.0 Å². The van der Waals surface area contributed by atoms with Gasteiger partial charge in [0.25, 0.3) is 5.56 Å². The minimum Gasteiger partial charge on any atom is -0.294 e. The number of pyridine rings is 1. The summed E-state index contributed by atoms with van der Waals surface area (Å²) in [4.78, 5) is 26.3. The Morgan fingerprint density at radius 2 is 1.78 bits per heavy atom. The average molecular weight is 422 g/mol. The predicted molar refractivity (Wildman–Crippen MR) is 107 cm³/mol. The van der Waals surface area contributed by atoms with Crippen LogP contribution in [0.1, 0.15) is 22.8 Å². The fourth-order valence-corrected chi connectivity index (χ4v) is 4.08. The highest BCUT2D eigenvalue weighted by atomic mass is 35.5. The van der Waals surface area contributed by atoms with Crippen LogP contribution in [0, 0.1) is 12.7 Å². The Bertz CT molecular complexity index is 1090. The van der Waals surface area contributed by atoms with Gasteiger partial charge in [-0.1, -0.05) is 35.0 Å². The zero-order valence-electron chi connectivity index (χ0n) is 14.4. The van der Waals surface area contributed by atoms with Gasteiger partial charge in [-0.15, -0.1) is 0 Å². The lowest BCUT2D eigenvalue weighted by Gasteiger charge is -2.15. The van der Waals surface area contributed by atoms with Gasteiger partial charge in [-0.3, -0.25) is 14.2 Å². The summed E-state index contributed by atoms with van der Waals surface area (Å²) in [5.41, 5.74) is 1.08. The Morgan fingerprint density at radius 3 is 2.37 bits per heavy atom. The highest BCUT2D eigenvalue weighted by Crippen LogP contribution is 2.31. The number of nitrogens with zero attached hydrogens (tertiary/aromatic N) is 1. The van der Waals surface area contributed by atoms with Gasteiger partial charge in [0.2, 0.25) is 0 Å². The molecule has 0 N–H and O–H groups in total. The van der Waals surface area contributed by atoms with Crippen LogP contribution in [0.25, 0.3) is 5.69 Å². The quantitative estimate of drug-likeness (QED) is 0.488. The van der Waals surface area contributed by atoms with Gasteiger partial charge >= 0.3 is 0 Å². The first kappa shape index (κ1) is 19.7. The number of rotatable bonds is 4. The molecule has 0 saturated carbocycles. The summed E-state index contributed by atoms with van der Waals surface area (Å²) in [6, 6.07) is 10.6. The molecule has 27 heavy (non-hydrogen) atoms. The number of benzene rings is 2. The van der Waals surface area contributed by atoms with Gasteiger partial charge in [0.1, 0.15) is 5.82 Å². The molecule has 0 atom stereocenters. The maximum absolute atomic E-state index is 13.2. The van der Waals surface area contributed by atoms with Crippen LogP contribution in [0.15, 0.2) is 63.2 Å². The molecule has 0 aliphatic rings. The first-order valence-electron chi connectivity index (χ1n) is 7.94. The Hall–Kier alpha value is -2.08. The third kappa shape index (κ3) is 4.10. The highest BCUT2D eigenvalue weighted by Gasteiger charge is 2.18. The number of hydrogen-bond acceptors (Lipinski definition) is 3. The zero-order chi connectivity index (χ0) is 19.7. The predicted octanol–water partition coefficient (Wildman–Crippen LogP) is 5.95. The van der Waals surface area contributed by atoms with Gasteiger partial charge in [-0.25, -0.2) is 4.39 Å². The van der Waals surface area contributed by atoms with E-state index in [0.717, 1.165) is 0 Å². The number of carbonyl (C=O) groups is 1. The van der Waals surface area contributed by atoms with Crippen molar-refractivity contribution in [1.82, 2.24) is 4.57 Å². The lowest BCUT2D eigenvalue weighted by atomic mass is 10.1. The van der Waals surface area contributed by atoms with Crippen molar-refractivity contribution in [2.75, 3.05) is 0 Å². The smallest absolute Gasteiger partial charge is 0.269 e. The minimum absolute atomic E-state index is 0.174. The second-order valence-electron chi connectivity index (χ2n) is 5.88. The molecule has 0 amide bonds. The van der Waals surface area contributed by atoms with Gasteiger partial charge in [0.15, 0.2) is 5.78 Å². The topological polar surface area (TPSA) is 39.1 Å². The standard InChI is InChI=1S/C20H14Cl2FNO2S/c1-11-16(12(2)25)10-24(18-8-3-13(21)9-17(18)22)20(26)19(11)27-15-6-4-14(23)5-7-15/h3-10H,1-2H3. The molecule has 3 nitrogen and oxygen atoms in total. The number of ketones is 1. The number of halogens is 3. The van der Waals surface area contributed by atoms with Crippen LogP contribution in [0.3, 0.4) is 0 Å². The van der Waals surface area contributed by atoms with Crippen molar-refractivity contribution in [2.24, 2.45) is 0 Å². The number of aromatic nitrogens is 1. The molecule has 0 unspecified atom stereocenters. The molecule has 138 valence electrons. The Morgan fingerprint density at radius 1 is 1.11 bits per heavy atom. The van der Waals surface area contributed by atoms with Crippen LogP contribution >= 0.6 is 35.0 Å². The number of Topliss-reactive ketones (excluding diaryl/α,β-unsaturated/α-hetero) is 1. The zero-order valence-corrected chi connectivity index (χ0v) is 16.8. The molecule has 1 aromatic heterocycles. The van der Waals surface area contributed by atoms with Crippen LogP contribution < -0.4 is 5.56 Å². The van der Waals surface area contributed by atoms with E-state index in [-0.39, 0.29) is 17.2 Å². The van der Waals surface area contributed by atoms with E-state index in [0.29, 0.717) is 36.7 Å². The molecule has 1 heterocycles. The van der Waals surface area contributed by atoms with Crippen molar-refractivity contribution >= 4 is 40.7 Å². The summed E-state index contributed by atoms with van der Waals surface area (Å²) in [6.45, 7) is 3.16. The largest absolute Gasteiger partial charge is 0.294 e. The summed E-state index contributed by atoms with van der Waals surface area (Å²) in [7, 11) is 0. The Balaban J connectivity index is 2.23. The Kier molecular flexibility index (Phi) is 5.75. The van der Waals surface area contributed by atoms with E-state index in [1.807, 2.05) is 0 Å². The van der Waals surface area contributed by atoms with Gasteiger partial charge in [-0.05, 0) is 61.9 Å². The summed E-state index contributed by atoms with van der Waals surface area (Å²) < 4.78 is 14.5. The van der Waals surface area contributed by atoms with Crippen LogP contribution in [-0.2, 0) is 0 Å². The van der Waals surface area contributed by atoms with E-state index >= 15 is 0 Å². The van der Waals surface area contributed by atoms with Gasteiger partial charge < -0.3 is 0 Å². The molecule has 0 fully saturated rings. The molecule has 3 rings (SSSR count). The molecule has 0 aliphatic carbocycles. The third-order valence-electron chi connectivity index (χ3n) is 4.00. The monoisotopic (exact) mass is 421 g/mol. The summed E-state index contributed by atoms with van der Waals surface area (Å²) >= 11 is 13.4. The third-order valence-corrected chi connectivity index (χ3v) is 5.73. The molecular formula is C20H14Cl2FNO2S. The van der Waals surface area contributed by atoms with Crippen molar-refractivity contribution < 1.29 is 9.18 Å². The molecule has 3 aromatic rings. The number of carbonyl (C=O) groups excluding carboxylic acids is 1. The lowest BCUT2D eigenvalue weighted by Crippen LogP contribution is -2.23. The first-order valence-corrected chi connectivity index (χ1v) is 9.51. The van der Waals surface area contributed by atoms with Gasteiger partial charge in [0, 0.05) is 21.7 Å². The van der Waals surface area contributed by atoms with Gasteiger partial charge in [0.05, 0.1) is 15.6 Å². The number of hydrogen-bond donors (Lipinski definition) is 0. The van der Waals surface area contributed by atoms with Crippen LogP contribution in [-0.4, -0.2) is 10.4 Å². The van der Waals surface area contributed by atoms with Crippen LogP contribution in [0.4, 0.5) is 4.39 Å². The lowest BCUT2D eigenvalue weighted by molar-refractivity contribution is 0.101.